The molecular formula is C22H23ClN4O3. The maximum atomic E-state index is 6.34. The van der Waals surface area contributed by atoms with Gasteiger partial charge in [-0.1, -0.05) is 41.9 Å². The fourth-order valence-electron chi connectivity index (χ4n) is 3.32. The summed E-state index contributed by atoms with van der Waals surface area (Å²) in [5, 5.41) is 9.33. The summed E-state index contributed by atoms with van der Waals surface area (Å²) in [6, 6.07) is 15.9. The lowest BCUT2D eigenvalue weighted by Crippen LogP contribution is -2.12. The molecule has 2 aromatic carbocycles. The van der Waals surface area contributed by atoms with Crippen LogP contribution in [0.1, 0.15) is 22.8 Å². The molecule has 0 saturated carbocycles. The normalized spacial score (nSPS) is 12.8. The second-order valence-corrected chi connectivity index (χ2v) is 7.15. The Morgan fingerprint density at radius 1 is 0.967 bits per heavy atom. The van der Waals surface area contributed by atoms with E-state index < -0.39 is 0 Å². The van der Waals surface area contributed by atoms with Gasteiger partial charge in [0.1, 0.15) is 13.2 Å². The van der Waals surface area contributed by atoms with Crippen molar-refractivity contribution in [3.63, 3.8) is 0 Å². The number of ether oxygens (including phenoxy) is 3. The molecular weight excluding hydrogens is 404 g/mol. The Morgan fingerprint density at radius 2 is 1.77 bits per heavy atom. The third-order valence-electron chi connectivity index (χ3n) is 4.71. The first-order valence-electron chi connectivity index (χ1n) is 9.75. The first-order chi connectivity index (χ1) is 14.8. The van der Waals surface area contributed by atoms with Crippen LogP contribution in [0.3, 0.4) is 0 Å². The van der Waals surface area contributed by atoms with Gasteiger partial charge in [0.25, 0.3) is 0 Å². The lowest BCUT2D eigenvalue weighted by atomic mass is 10.0. The minimum absolute atomic E-state index is 0.323. The number of aromatic nitrogens is 3. The minimum atomic E-state index is 0.323. The van der Waals surface area contributed by atoms with Gasteiger partial charge >= 0.3 is 0 Å². The molecule has 0 saturated heterocycles. The molecule has 0 N–H and O–H groups in total. The van der Waals surface area contributed by atoms with Gasteiger partial charge in [0.15, 0.2) is 11.6 Å². The Morgan fingerprint density at radius 3 is 2.60 bits per heavy atom. The van der Waals surface area contributed by atoms with Crippen LogP contribution in [-0.4, -0.2) is 54.0 Å². The number of benzene rings is 2. The summed E-state index contributed by atoms with van der Waals surface area (Å²) in [5.74, 6) is 1.48. The van der Waals surface area contributed by atoms with Crippen molar-refractivity contribution in [3.05, 3.63) is 76.3 Å². The number of hydrogen-bond donors (Lipinski definition) is 0. The number of methoxy groups -OCH3 is 1. The van der Waals surface area contributed by atoms with E-state index in [0.717, 1.165) is 34.2 Å². The summed E-state index contributed by atoms with van der Waals surface area (Å²) >= 11 is 6.34. The minimum Gasteiger partial charge on any atom is -0.382 e. The molecule has 2 heterocycles. The van der Waals surface area contributed by atoms with Gasteiger partial charge in [-0.05, 0) is 18.2 Å². The molecule has 0 unspecified atom stereocenters. The van der Waals surface area contributed by atoms with E-state index in [1.54, 1.807) is 7.11 Å². The first kappa shape index (κ1) is 20.7. The monoisotopic (exact) mass is 426 g/mol. The Kier molecular flexibility index (Phi) is 6.86. The number of aliphatic imine (C=N–C) groups is 1. The molecule has 0 atom stereocenters. The van der Waals surface area contributed by atoms with Crippen molar-refractivity contribution in [2.24, 2.45) is 4.99 Å². The van der Waals surface area contributed by atoms with Crippen LogP contribution in [-0.2, 0) is 27.4 Å². The summed E-state index contributed by atoms with van der Waals surface area (Å²) in [6.07, 6.45) is 0. The largest absolute Gasteiger partial charge is 0.382 e. The molecule has 0 amide bonds. The van der Waals surface area contributed by atoms with E-state index in [-0.39, 0.29) is 0 Å². The SMILES string of the molecule is COCCOCCOCc1nnc2n1-c1ccc(Cl)cc1C(c1ccccc1)=NC2. The van der Waals surface area contributed by atoms with E-state index in [2.05, 4.69) is 10.2 Å². The Balaban J connectivity index is 1.58. The quantitative estimate of drug-likeness (QED) is 0.490. The van der Waals surface area contributed by atoms with Gasteiger partial charge in [0, 0.05) is 23.3 Å². The van der Waals surface area contributed by atoms with Crippen LogP contribution in [0.15, 0.2) is 53.5 Å². The number of nitrogens with zero attached hydrogens (tertiary/aromatic N) is 4. The van der Waals surface area contributed by atoms with Crippen LogP contribution in [0.25, 0.3) is 5.69 Å². The van der Waals surface area contributed by atoms with Gasteiger partial charge in [0.2, 0.25) is 0 Å². The van der Waals surface area contributed by atoms with E-state index in [1.807, 2.05) is 53.1 Å². The first-order valence-corrected chi connectivity index (χ1v) is 10.1. The van der Waals surface area contributed by atoms with Crippen molar-refractivity contribution < 1.29 is 14.2 Å². The summed E-state index contributed by atoms with van der Waals surface area (Å²) in [5.41, 5.74) is 3.80. The average molecular weight is 427 g/mol. The van der Waals surface area contributed by atoms with E-state index in [0.29, 0.717) is 44.6 Å². The third-order valence-corrected chi connectivity index (χ3v) is 4.95. The molecule has 7 nitrogen and oxygen atoms in total. The molecule has 0 fully saturated rings. The molecule has 8 heteroatoms. The summed E-state index contributed by atoms with van der Waals surface area (Å²) in [6.45, 7) is 2.82. The van der Waals surface area contributed by atoms with Crippen molar-refractivity contribution in [1.82, 2.24) is 14.8 Å². The van der Waals surface area contributed by atoms with E-state index >= 15 is 0 Å². The number of hydrogen-bond acceptors (Lipinski definition) is 6. The molecule has 3 aromatic rings. The van der Waals surface area contributed by atoms with Crippen LogP contribution < -0.4 is 0 Å². The van der Waals surface area contributed by atoms with Crippen LogP contribution in [0.5, 0.6) is 0 Å². The third kappa shape index (κ3) is 4.60. The Hall–Kier alpha value is -2.58. The molecule has 0 radical (unpaired) electrons. The van der Waals surface area contributed by atoms with Gasteiger partial charge < -0.3 is 14.2 Å². The Bertz CT molecular complexity index is 1020. The van der Waals surface area contributed by atoms with Gasteiger partial charge in [-0.25, -0.2) is 0 Å². The summed E-state index contributed by atoms with van der Waals surface area (Å²) < 4.78 is 18.2. The zero-order valence-electron chi connectivity index (χ0n) is 16.8. The molecule has 1 aliphatic rings. The van der Waals surface area contributed by atoms with Crippen molar-refractivity contribution in [2.75, 3.05) is 33.5 Å². The molecule has 1 aliphatic heterocycles. The van der Waals surface area contributed by atoms with Crippen molar-refractivity contribution in [2.45, 2.75) is 13.2 Å². The van der Waals surface area contributed by atoms with E-state index in [1.165, 1.54) is 0 Å². The molecule has 1 aromatic heterocycles. The van der Waals surface area contributed by atoms with Gasteiger partial charge in [-0.2, -0.15) is 0 Å². The van der Waals surface area contributed by atoms with Gasteiger partial charge in [0.05, 0.1) is 37.8 Å². The number of fused-ring (bicyclic) bond motifs is 3. The second kappa shape index (κ2) is 9.95. The standard InChI is InChI=1S/C22H23ClN4O3/c1-28-9-10-29-11-12-30-15-21-26-25-20-14-24-22(16-5-3-2-4-6-16)18-13-17(23)7-8-19(18)27(20)21/h2-8,13H,9-12,14-15H2,1H3. The van der Waals surface area contributed by atoms with Crippen LogP contribution in [0.2, 0.25) is 5.02 Å². The predicted octanol–water partition coefficient (Wildman–Crippen LogP) is 3.45. The number of rotatable bonds is 9. The maximum absolute atomic E-state index is 6.34. The van der Waals surface area contributed by atoms with Gasteiger partial charge in [-0.3, -0.25) is 9.56 Å². The molecule has 156 valence electrons. The molecule has 4 rings (SSSR count). The highest BCUT2D eigenvalue weighted by Crippen LogP contribution is 2.28. The van der Waals surface area contributed by atoms with Crippen LogP contribution >= 0.6 is 11.6 Å². The molecule has 30 heavy (non-hydrogen) atoms. The van der Waals surface area contributed by atoms with Crippen molar-refractivity contribution >= 4 is 17.3 Å². The summed E-state index contributed by atoms with van der Waals surface area (Å²) in [7, 11) is 1.65. The maximum Gasteiger partial charge on any atom is 0.163 e. The zero-order valence-corrected chi connectivity index (χ0v) is 17.5. The highest BCUT2D eigenvalue weighted by atomic mass is 35.5. The molecule has 0 aliphatic carbocycles. The lowest BCUT2D eigenvalue weighted by molar-refractivity contribution is 0.0181. The molecule has 0 spiro atoms. The van der Waals surface area contributed by atoms with Crippen LogP contribution in [0.4, 0.5) is 0 Å². The highest BCUT2D eigenvalue weighted by molar-refractivity contribution is 6.31. The van der Waals surface area contributed by atoms with Gasteiger partial charge in [-0.15, -0.1) is 10.2 Å². The zero-order chi connectivity index (χ0) is 20.8. The highest BCUT2D eigenvalue weighted by Gasteiger charge is 2.23. The topological polar surface area (TPSA) is 70.8 Å². The smallest absolute Gasteiger partial charge is 0.163 e. The second-order valence-electron chi connectivity index (χ2n) is 6.72. The lowest BCUT2D eigenvalue weighted by Gasteiger charge is -2.14. The predicted molar refractivity (Wildman–Crippen MR) is 115 cm³/mol. The van der Waals surface area contributed by atoms with E-state index in [4.69, 9.17) is 30.8 Å². The fourth-order valence-corrected chi connectivity index (χ4v) is 3.50. The fraction of sp³-hybridized carbons (Fsp3) is 0.318. The Labute approximate surface area is 180 Å². The van der Waals surface area contributed by atoms with Crippen LogP contribution in [0, 0.1) is 0 Å². The van der Waals surface area contributed by atoms with Crippen molar-refractivity contribution in [3.8, 4) is 5.69 Å². The molecule has 0 bridgehead atoms. The number of halogens is 1. The summed E-state index contributed by atoms with van der Waals surface area (Å²) in [4.78, 5) is 4.83. The van der Waals surface area contributed by atoms with Crippen molar-refractivity contribution in [1.29, 1.82) is 0 Å². The van der Waals surface area contributed by atoms with E-state index in [9.17, 15) is 0 Å². The average Bonchev–Trinajstić information content (AvgIpc) is 3.09.